The highest BCUT2D eigenvalue weighted by molar-refractivity contribution is 6.00. The van der Waals surface area contributed by atoms with E-state index in [1.54, 1.807) is 11.1 Å². The summed E-state index contributed by atoms with van der Waals surface area (Å²) in [6, 6.07) is 9.63. The Hall–Kier alpha value is -2.63. The first-order valence-electron chi connectivity index (χ1n) is 8.36. The first kappa shape index (κ1) is 14.9. The maximum absolute atomic E-state index is 12.7. The molecule has 0 bridgehead atoms. The van der Waals surface area contributed by atoms with Crippen LogP contribution in [-0.2, 0) is 17.9 Å². The van der Waals surface area contributed by atoms with E-state index in [-0.39, 0.29) is 24.4 Å². The van der Waals surface area contributed by atoms with E-state index in [0.29, 0.717) is 13.1 Å². The summed E-state index contributed by atoms with van der Waals surface area (Å²) in [6.07, 6.45) is 5.66. The molecule has 0 aliphatic carbocycles. The summed E-state index contributed by atoms with van der Waals surface area (Å²) < 4.78 is 1.87. The molecule has 1 saturated heterocycles. The van der Waals surface area contributed by atoms with Crippen LogP contribution >= 0.6 is 0 Å². The van der Waals surface area contributed by atoms with Crippen LogP contribution in [0, 0.1) is 0 Å². The fraction of sp³-hybridized carbons (Fsp3) is 0.389. The van der Waals surface area contributed by atoms with E-state index in [0.717, 1.165) is 30.5 Å². The van der Waals surface area contributed by atoms with Crippen LogP contribution in [-0.4, -0.2) is 50.5 Å². The number of nitrogens with zero attached hydrogens (tertiary/aromatic N) is 4. The van der Waals surface area contributed by atoms with Crippen LogP contribution < -0.4 is 0 Å². The van der Waals surface area contributed by atoms with Gasteiger partial charge in [0.2, 0.25) is 5.91 Å². The summed E-state index contributed by atoms with van der Waals surface area (Å²) in [5, 5.41) is 4.23. The second-order valence-corrected chi connectivity index (χ2v) is 6.43. The van der Waals surface area contributed by atoms with Gasteiger partial charge in [-0.2, -0.15) is 5.10 Å². The Morgan fingerprint density at radius 1 is 1.25 bits per heavy atom. The second kappa shape index (κ2) is 6.11. The van der Waals surface area contributed by atoms with Gasteiger partial charge >= 0.3 is 0 Å². The van der Waals surface area contributed by atoms with Gasteiger partial charge in [0, 0.05) is 31.0 Å². The third kappa shape index (κ3) is 2.68. The van der Waals surface area contributed by atoms with Crippen LogP contribution in [0.3, 0.4) is 0 Å². The van der Waals surface area contributed by atoms with Crippen molar-refractivity contribution < 1.29 is 9.59 Å². The van der Waals surface area contributed by atoms with Crippen molar-refractivity contribution in [3.05, 3.63) is 53.9 Å². The van der Waals surface area contributed by atoms with Gasteiger partial charge in [-0.1, -0.05) is 18.2 Å². The van der Waals surface area contributed by atoms with Gasteiger partial charge in [0.25, 0.3) is 5.91 Å². The molecule has 124 valence electrons. The molecule has 6 nitrogen and oxygen atoms in total. The van der Waals surface area contributed by atoms with Crippen molar-refractivity contribution in [1.29, 1.82) is 0 Å². The fourth-order valence-corrected chi connectivity index (χ4v) is 3.67. The number of amides is 2. The molecule has 2 aromatic rings. The predicted molar refractivity (Wildman–Crippen MR) is 88.1 cm³/mol. The molecule has 1 atom stereocenters. The van der Waals surface area contributed by atoms with Crippen LogP contribution in [0.2, 0.25) is 0 Å². The summed E-state index contributed by atoms with van der Waals surface area (Å²) >= 11 is 0. The average Bonchev–Trinajstić information content (AvgIpc) is 3.31. The third-order valence-electron chi connectivity index (χ3n) is 4.88. The monoisotopic (exact) mass is 324 g/mol. The van der Waals surface area contributed by atoms with E-state index in [9.17, 15) is 9.59 Å². The lowest BCUT2D eigenvalue weighted by Crippen LogP contribution is -2.44. The van der Waals surface area contributed by atoms with Crippen molar-refractivity contribution >= 4 is 11.8 Å². The Morgan fingerprint density at radius 2 is 2.12 bits per heavy atom. The Bertz CT molecular complexity index is 756. The molecule has 0 spiro atoms. The van der Waals surface area contributed by atoms with Gasteiger partial charge < -0.3 is 9.80 Å². The van der Waals surface area contributed by atoms with Gasteiger partial charge in [-0.25, -0.2) is 0 Å². The zero-order valence-electron chi connectivity index (χ0n) is 13.5. The van der Waals surface area contributed by atoms with Crippen LogP contribution in [0.5, 0.6) is 0 Å². The van der Waals surface area contributed by atoms with Crippen LogP contribution in [0.4, 0.5) is 0 Å². The molecule has 1 unspecified atom stereocenters. The van der Waals surface area contributed by atoms with Gasteiger partial charge in [-0.05, 0) is 30.5 Å². The number of aromatic nitrogens is 2. The summed E-state index contributed by atoms with van der Waals surface area (Å²) in [5.74, 6) is -0.00687. The maximum atomic E-state index is 12.7. The number of likely N-dealkylation sites (tertiary alicyclic amines) is 1. The van der Waals surface area contributed by atoms with Crippen LogP contribution in [0.25, 0.3) is 0 Å². The van der Waals surface area contributed by atoms with E-state index in [1.807, 2.05) is 46.1 Å². The highest BCUT2D eigenvalue weighted by Crippen LogP contribution is 2.24. The largest absolute Gasteiger partial charge is 0.336 e. The van der Waals surface area contributed by atoms with Gasteiger partial charge in [-0.3, -0.25) is 14.3 Å². The molecule has 3 heterocycles. The number of benzene rings is 1. The molecular weight excluding hydrogens is 304 g/mol. The Kier molecular flexibility index (Phi) is 3.80. The van der Waals surface area contributed by atoms with E-state index >= 15 is 0 Å². The highest BCUT2D eigenvalue weighted by atomic mass is 16.2. The van der Waals surface area contributed by atoms with Crippen LogP contribution in [0.1, 0.15) is 28.8 Å². The summed E-state index contributed by atoms with van der Waals surface area (Å²) in [6.45, 7) is 2.16. The third-order valence-corrected chi connectivity index (χ3v) is 4.88. The highest BCUT2D eigenvalue weighted by Gasteiger charge is 2.33. The van der Waals surface area contributed by atoms with Crippen molar-refractivity contribution in [1.82, 2.24) is 19.6 Å². The minimum Gasteiger partial charge on any atom is -0.336 e. The number of carbonyl (C=O) groups excluding carboxylic acids is 2. The molecular formula is C18H20N4O2. The minimum atomic E-state index is -0.0400. The first-order valence-corrected chi connectivity index (χ1v) is 8.36. The molecule has 24 heavy (non-hydrogen) atoms. The van der Waals surface area contributed by atoms with Crippen molar-refractivity contribution in [2.45, 2.75) is 32.0 Å². The van der Waals surface area contributed by atoms with Gasteiger partial charge in [0.05, 0.1) is 12.6 Å². The molecule has 0 N–H and O–H groups in total. The Balaban J connectivity index is 1.42. The van der Waals surface area contributed by atoms with E-state index in [4.69, 9.17) is 0 Å². The molecule has 2 amide bonds. The van der Waals surface area contributed by atoms with Crippen molar-refractivity contribution in [2.24, 2.45) is 0 Å². The molecule has 0 radical (unpaired) electrons. The lowest BCUT2D eigenvalue weighted by Gasteiger charge is -2.27. The smallest absolute Gasteiger partial charge is 0.254 e. The fourth-order valence-electron chi connectivity index (χ4n) is 3.67. The molecule has 1 fully saturated rings. The van der Waals surface area contributed by atoms with E-state index in [1.165, 1.54) is 0 Å². The lowest BCUT2D eigenvalue weighted by atomic mass is 10.1. The van der Waals surface area contributed by atoms with Gasteiger partial charge in [0.1, 0.15) is 6.54 Å². The normalized spacial score (nSPS) is 19.8. The number of rotatable bonds is 4. The van der Waals surface area contributed by atoms with E-state index in [2.05, 4.69) is 5.10 Å². The SMILES string of the molecule is O=C1c2ccccc2CN1CC(=O)N1CCCC1Cn1cccn1. The topological polar surface area (TPSA) is 58.4 Å². The first-order chi connectivity index (χ1) is 11.7. The Labute approximate surface area is 140 Å². The predicted octanol–water partition coefficient (Wildman–Crippen LogP) is 1.53. The zero-order chi connectivity index (χ0) is 16.5. The average molecular weight is 324 g/mol. The van der Waals surface area contributed by atoms with E-state index < -0.39 is 0 Å². The van der Waals surface area contributed by atoms with Crippen molar-refractivity contribution in [3.8, 4) is 0 Å². The number of hydrogen-bond donors (Lipinski definition) is 0. The number of fused-ring (bicyclic) bond motifs is 1. The van der Waals surface area contributed by atoms with Gasteiger partial charge in [-0.15, -0.1) is 0 Å². The molecule has 2 aliphatic heterocycles. The summed E-state index contributed by atoms with van der Waals surface area (Å²) in [5.41, 5.74) is 1.73. The summed E-state index contributed by atoms with van der Waals surface area (Å²) in [4.78, 5) is 28.7. The van der Waals surface area contributed by atoms with Crippen LogP contribution in [0.15, 0.2) is 42.7 Å². The quantitative estimate of drug-likeness (QED) is 0.857. The summed E-state index contributed by atoms with van der Waals surface area (Å²) in [7, 11) is 0. The number of hydrogen-bond acceptors (Lipinski definition) is 3. The molecule has 4 rings (SSSR count). The van der Waals surface area contributed by atoms with Crippen molar-refractivity contribution in [2.75, 3.05) is 13.1 Å². The molecule has 2 aliphatic rings. The second-order valence-electron chi connectivity index (χ2n) is 6.43. The maximum Gasteiger partial charge on any atom is 0.254 e. The zero-order valence-corrected chi connectivity index (χ0v) is 13.5. The van der Waals surface area contributed by atoms with Crippen molar-refractivity contribution in [3.63, 3.8) is 0 Å². The lowest BCUT2D eigenvalue weighted by molar-refractivity contribution is -0.133. The standard InChI is InChI=1S/C18H20N4O2/c23-17(13-20-11-14-5-1-2-7-16(14)18(20)24)22-10-3-6-15(22)12-21-9-4-8-19-21/h1-2,4-5,7-9,15H,3,6,10-13H2. The molecule has 1 aromatic heterocycles. The minimum absolute atomic E-state index is 0.0332. The molecule has 1 aromatic carbocycles. The molecule has 6 heteroatoms. The number of carbonyl (C=O) groups is 2. The molecule has 0 saturated carbocycles. The Morgan fingerprint density at radius 3 is 2.92 bits per heavy atom. The van der Waals surface area contributed by atoms with Gasteiger partial charge in [0.15, 0.2) is 0 Å².